The molecule has 0 saturated carbocycles. The van der Waals surface area contributed by atoms with Gasteiger partial charge in [-0.25, -0.2) is 8.42 Å². The number of aromatic nitrogens is 1. The fourth-order valence-corrected chi connectivity index (χ4v) is 3.12. The average Bonchev–Trinajstić information content (AvgIpc) is 2.45. The Labute approximate surface area is 129 Å². The van der Waals surface area contributed by atoms with Crippen molar-refractivity contribution in [3.8, 4) is 5.75 Å². The van der Waals surface area contributed by atoms with Crippen LogP contribution in [0.4, 0.5) is 5.69 Å². The number of ether oxygens (including phenoxy) is 1. The van der Waals surface area contributed by atoms with Gasteiger partial charge in [-0.15, -0.1) is 0 Å². The van der Waals surface area contributed by atoms with E-state index in [0.717, 1.165) is 6.42 Å². The molecule has 21 heavy (non-hydrogen) atoms. The average molecular weight is 327 g/mol. The summed E-state index contributed by atoms with van der Waals surface area (Å²) in [5.41, 5.74) is 0.406. The summed E-state index contributed by atoms with van der Waals surface area (Å²) < 4.78 is 32.5. The second kappa shape index (κ2) is 6.78. The van der Waals surface area contributed by atoms with Gasteiger partial charge in [0.2, 0.25) is 0 Å². The summed E-state index contributed by atoms with van der Waals surface area (Å²) in [6.07, 6.45) is 3.52. The maximum Gasteiger partial charge on any atom is 0.264 e. The third-order valence-electron chi connectivity index (χ3n) is 2.58. The number of nitrogens with one attached hydrogen (secondary N) is 1. The zero-order chi connectivity index (χ0) is 15.3. The first-order chi connectivity index (χ1) is 10.0. The van der Waals surface area contributed by atoms with Gasteiger partial charge in [-0.1, -0.05) is 24.6 Å². The predicted octanol–water partition coefficient (Wildman–Crippen LogP) is 3.32. The molecule has 0 unspecified atom stereocenters. The highest BCUT2D eigenvalue weighted by atomic mass is 35.5. The molecule has 0 fully saturated rings. The van der Waals surface area contributed by atoms with Crippen molar-refractivity contribution in [1.82, 2.24) is 4.98 Å². The Morgan fingerprint density at radius 1 is 1.33 bits per heavy atom. The molecule has 1 heterocycles. The van der Waals surface area contributed by atoms with Gasteiger partial charge in [0.15, 0.2) is 0 Å². The highest BCUT2D eigenvalue weighted by Crippen LogP contribution is 2.24. The first kappa shape index (κ1) is 15.6. The molecule has 7 heteroatoms. The van der Waals surface area contributed by atoms with Crippen molar-refractivity contribution < 1.29 is 13.2 Å². The van der Waals surface area contributed by atoms with Gasteiger partial charge in [-0.05, 0) is 24.6 Å². The van der Waals surface area contributed by atoms with E-state index in [0.29, 0.717) is 18.0 Å². The van der Waals surface area contributed by atoms with Crippen LogP contribution < -0.4 is 9.46 Å². The lowest BCUT2D eigenvalue weighted by Gasteiger charge is -2.10. The molecule has 112 valence electrons. The predicted molar refractivity (Wildman–Crippen MR) is 82.3 cm³/mol. The van der Waals surface area contributed by atoms with Crippen LogP contribution in [0, 0.1) is 0 Å². The number of halogens is 1. The van der Waals surface area contributed by atoms with Gasteiger partial charge in [-0.2, -0.15) is 0 Å². The number of hydrogen-bond acceptors (Lipinski definition) is 4. The number of sulfonamides is 1. The molecule has 1 N–H and O–H groups in total. The van der Waals surface area contributed by atoms with Gasteiger partial charge in [0.1, 0.15) is 10.6 Å². The highest BCUT2D eigenvalue weighted by Gasteiger charge is 2.18. The topological polar surface area (TPSA) is 68.3 Å². The summed E-state index contributed by atoms with van der Waals surface area (Å²) >= 11 is 5.89. The summed E-state index contributed by atoms with van der Waals surface area (Å²) in [5, 5.41) is 0.121. The molecule has 1 aromatic heterocycles. The number of hydrogen-bond donors (Lipinski definition) is 1. The van der Waals surface area contributed by atoms with Crippen LogP contribution >= 0.6 is 11.6 Å². The first-order valence-corrected chi connectivity index (χ1v) is 8.24. The molecule has 2 rings (SSSR count). The van der Waals surface area contributed by atoms with Crippen LogP contribution in [0.15, 0.2) is 47.6 Å². The van der Waals surface area contributed by atoms with E-state index >= 15 is 0 Å². The summed E-state index contributed by atoms with van der Waals surface area (Å²) in [4.78, 5) is 3.72. The minimum atomic E-state index is -3.78. The normalized spacial score (nSPS) is 11.1. The summed E-state index contributed by atoms with van der Waals surface area (Å²) in [5.74, 6) is 0.606. The molecular formula is C14H15ClN2O3S. The van der Waals surface area contributed by atoms with Gasteiger partial charge >= 0.3 is 0 Å². The highest BCUT2D eigenvalue weighted by molar-refractivity contribution is 7.92. The Bertz CT molecular complexity index is 720. The number of anilines is 1. The van der Waals surface area contributed by atoms with Crippen LogP contribution in [-0.2, 0) is 10.0 Å². The molecule has 0 saturated heterocycles. The van der Waals surface area contributed by atoms with Gasteiger partial charge in [-0.3, -0.25) is 9.71 Å². The van der Waals surface area contributed by atoms with Gasteiger partial charge in [0.05, 0.1) is 17.3 Å². The molecule has 1 aromatic carbocycles. The molecule has 0 aliphatic carbocycles. The van der Waals surface area contributed by atoms with Gasteiger partial charge in [0.25, 0.3) is 10.0 Å². The van der Waals surface area contributed by atoms with Crippen molar-refractivity contribution in [3.63, 3.8) is 0 Å². The van der Waals surface area contributed by atoms with Crippen molar-refractivity contribution in [1.29, 1.82) is 0 Å². The fraction of sp³-hybridized carbons (Fsp3) is 0.214. The minimum Gasteiger partial charge on any atom is -0.494 e. The van der Waals surface area contributed by atoms with Crippen molar-refractivity contribution >= 4 is 27.3 Å². The molecule has 0 amide bonds. The summed E-state index contributed by atoms with van der Waals surface area (Å²) in [6.45, 7) is 2.57. The number of rotatable bonds is 6. The molecule has 0 spiro atoms. The zero-order valence-corrected chi connectivity index (χ0v) is 13.0. The lowest BCUT2D eigenvalue weighted by molar-refractivity contribution is 0.317. The zero-order valence-electron chi connectivity index (χ0n) is 11.4. The van der Waals surface area contributed by atoms with Crippen LogP contribution in [-0.4, -0.2) is 20.0 Å². The van der Waals surface area contributed by atoms with Crippen LogP contribution in [0.3, 0.4) is 0 Å². The smallest absolute Gasteiger partial charge is 0.264 e. The third-order valence-corrected chi connectivity index (χ3v) is 4.43. The third kappa shape index (κ3) is 4.09. The lowest BCUT2D eigenvalue weighted by atomic mass is 10.3. The molecule has 0 atom stereocenters. The van der Waals surface area contributed by atoms with Gasteiger partial charge < -0.3 is 4.74 Å². The van der Waals surface area contributed by atoms with E-state index in [2.05, 4.69) is 9.71 Å². The number of benzene rings is 1. The molecule has 0 aliphatic rings. The van der Waals surface area contributed by atoms with E-state index in [-0.39, 0.29) is 9.92 Å². The Hall–Kier alpha value is -1.79. The van der Waals surface area contributed by atoms with Crippen molar-refractivity contribution in [3.05, 3.63) is 47.7 Å². The number of pyridine rings is 1. The first-order valence-electron chi connectivity index (χ1n) is 6.38. The Morgan fingerprint density at radius 3 is 2.86 bits per heavy atom. The van der Waals surface area contributed by atoms with E-state index < -0.39 is 10.0 Å². The standard InChI is InChI=1S/C14H15ClN2O3S/c1-2-8-20-12-5-3-4-11(9-12)17-21(18,19)14-10-16-7-6-13(14)15/h3-7,9-10,17H,2,8H2,1H3. The quantitative estimate of drug-likeness (QED) is 0.884. The van der Waals surface area contributed by atoms with Crippen LogP contribution in [0.25, 0.3) is 0 Å². The molecule has 0 radical (unpaired) electrons. The summed E-state index contributed by atoms with van der Waals surface area (Å²) in [6, 6.07) is 8.17. The van der Waals surface area contributed by atoms with E-state index in [4.69, 9.17) is 16.3 Å². The largest absolute Gasteiger partial charge is 0.494 e. The van der Waals surface area contributed by atoms with Crippen molar-refractivity contribution in [2.75, 3.05) is 11.3 Å². The van der Waals surface area contributed by atoms with E-state index in [1.165, 1.54) is 18.5 Å². The van der Waals surface area contributed by atoms with Crippen LogP contribution in [0.2, 0.25) is 5.02 Å². The fourth-order valence-electron chi connectivity index (χ4n) is 1.64. The van der Waals surface area contributed by atoms with Gasteiger partial charge in [0, 0.05) is 18.5 Å². The van der Waals surface area contributed by atoms with Crippen molar-refractivity contribution in [2.24, 2.45) is 0 Å². The Balaban J connectivity index is 2.23. The Kier molecular flexibility index (Phi) is 5.03. The number of nitrogens with zero attached hydrogens (tertiary/aromatic N) is 1. The van der Waals surface area contributed by atoms with E-state index in [9.17, 15) is 8.42 Å². The van der Waals surface area contributed by atoms with Crippen molar-refractivity contribution in [2.45, 2.75) is 18.2 Å². The molecule has 5 nitrogen and oxygen atoms in total. The molecule has 2 aromatic rings. The van der Waals surface area contributed by atoms with Crippen LogP contribution in [0.5, 0.6) is 5.75 Å². The van der Waals surface area contributed by atoms with Crippen LogP contribution in [0.1, 0.15) is 13.3 Å². The second-order valence-electron chi connectivity index (χ2n) is 4.29. The van der Waals surface area contributed by atoms with E-state index in [1.54, 1.807) is 24.3 Å². The maximum atomic E-state index is 12.3. The molecular weight excluding hydrogens is 312 g/mol. The second-order valence-corrected chi connectivity index (χ2v) is 6.35. The molecule has 0 aliphatic heterocycles. The molecule has 0 bridgehead atoms. The maximum absolute atomic E-state index is 12.3. The Morgan fingerprint density at radius 2 is 2.14 bits per heavy atom. The lowest BCUT2D eigenvalue weighted by Crippen LogP contribution is -2.13. The SMILES string of the molecule is CCCOc1cccc(NS(=O)(=O)c2cnccc2Cl)c1. The summed E-state index contributed by atoms with van der Waals surface area (Å²) in [7, 11) is -3.78. The van der Waals surface area contributed by atoms with E-state index in [1.807, 2.05) is 6.92 Å². The monoisotopic (exact) mass is 326 g/mol. The minimum absolute atomic E-state index is 0.0634.